The lowest BCUT2D eigenvalue weighted by atomic mass is 10.2. The highest BCUT2D eigenvalue weighted by Gasteiger charge is 2.21. The van der Waals surface area contributed by atoms with Crippen LogP contribution in [0.2, 0.25) is 0 Å². The zero-order valence-corrected chi connectivity index (χ0v) is 11.8. The second kappa shape index (κ2) is 6.52. The first kappa shape index (κ1) is 15.9. The predicted molar refractivity (Wildman–Crippen MR) is 77.6 cm³/mol. The number of esters is 1. The van der Waals surface area contributed by atoms with Gasteiger partial charge in [-0.15, -0.1) is 0 Å². The Morgan fingerprint density at radius 2 is 1.65 bits per heavy atom. The number of carbonyl (C=O) groups excluding carboxylic acids is 1. The van der Waals surface area contributed by atoms with Crippen LogP contribution >= 0.6 is 0 Å². The lowest BCUT2D eigenvalue weighted by Crippen LogP contribution is -2.00. The third-order valence-corrected chi connectivity index (χ3v) is 2.85. The zero-order chi connectivity index (χ0) is 17.0. The molecule has 23 heavy (non-hydrogen) atoms. The van der Waals surface area contributed by atoms with Crippen molar-refractivity contribution in [1.29, 1.82) is 0 Å². The molecule has 0 unspecified atom stereocenters. The van der Waals surface area contributed by atoms with Gasteiger partial charge in [-0.05, 0) is 30.3 Å². The monoisotopic (exact) mass is 318 g/mol. The SMILES string of the molecule is COC(=O)c1ccc(Oc2ccc([N+](=O)[O-])cc2[N+](=O)[O-])cc1. The standard InChI is InChI=1S/C14H10N2O7/c1-22-14(17)9-2-5-11(6-3-9)23-13-7-4-10(15(18)19)8-12(13)16(20)21/h2-8H,1H3. The summed E-state index contributed by atoms with van der Waals surface area (Å²) in [6, 6.07) is 8.78. The lowest BCUT2D eigenvalue weighted by Gasteiger charge is -2.07. The number of hydrogen-bond donors (Lipinski definition) is 0. The molecule has 9 nitrogen and oxygen atoms in total. The lowest BCUT2D eigenvalue weighted by molar-refractivity contribution is -0.394. The Hall–Kier alpha value is -3.49. The molecule has 0 bridgehead atoms. The molecule has 0 aliphatic heterocycles. The van der Waals surface area contributed by atoms with Crippen molar-refractivity contribution in [3.8, 4) is 11.5 Å². The van der Waals surface area contributed by atoms with Crippen molar-refractivity contribution in [3.63, 3.8) is 0 Å². The molecule has 9 heteroatoms. The van der Waals surface area contributed by atoms with Crippen molar-refractivity contribution in [2.45, 2.75) is 0 Å². The van der Waals surface area contributed by atoms with Gasteiger partial charge in [-0.1, -0.05) is 0 Å². The van der Waals surface area contributed by atoms with Gasteiger partial charge in [-0.2, -0.15) is 0 Å². The Balaban J connectivity index is 2.30. The van der Waals surface area contributed by atoms with Gasteiger partial charge in [0, 0.05) is 6.07 Å². The van der Waals surface area contributed by atoms with Crippen molar-refractivity contribution in [1.82, 2.24) is 0 Å². The van der Waals surface area contributed by atoms with Gasteiger partial charge < -0.3 is 9.47 Å². The second-order valence-corrected chi connectivity index (χ2v) is 4.28. The summed E-state index contributed by atoms with van der Waals surface area (Å²) in [7, 11) is 1.24. The fourth-order valence-electron chi connectivity index (χ4n) is 1.75. The molecule has 0 aliphatic carbocycles. The van der Waals surface area contributed by atoms with Crippen LogP contribution in [0, 0.1) is 20.2 Å². The summed E-state index contributed by atoms with van der Waals surface area (Å²) in [6.45, 7) is 0. The Morgan fingerprint density at radius 3 is 2.17 bits per heavy atom. The average Bonchev–Trinajstić information content (AvgIpc) is 2.54. The van der Waals surface area contributed by atoms with Crippen LogP contribution in [-0.4, -0.2) is 22.9 Å². The molecule has 2 rings (SSSR count). The Morgan fingerprint density at radius 1 is 1.00 bits per heavy atom. The van der Waals surface area contributed by atoms with E-state index in [1.54, 1.807) is 0 Å². The van der Waals surface area contributed by atoms with Crippen molar-refractivity contribution < 1.29 is 24.1 Å². The van der Waals surface area contributed by atoms with Gasteiger partial charge in [-0.25, -0.2) is 4.79 Å². The molecule has 2 aromatic carbocycles. The largest absolute Gasteiger partial charge is 0.465 e. The highest BCUT2D eigenvalue weighted by molar-refractivity contribution is 5.89. The maximum Gasteiger partial charge on any atom is 0.337 e. The van der Waals surface area contributed by atoms with Crippen LogP contribution in [0.4, 0.5) is 11.4 Å². The normalized spacial score (nSPS) is 9.96. The van der Waals surface area contributed by atoms with Gasteiger partial charge in [0.1, 0.15) is 5.75 Å². The van der Waals surface area contributed by atoms with Gasteiger partial charge >= 0.3 is 11.7 Å². The van der Waals surface area contributed by atoms with Crippen LogP contribution in [0.1, 0.15) is 10.4 Å². The van der Waals surface area contributed by atoms with Crippen LogP contribution in [0.25, 0.3) is 0 Å². The van der Waals surface area contributed by atoms with E-state index in [0.717, 1.165) is 18.2 Å². The number of non-ortho nitro benzene ring substituents is 1. The fraction of sp³-hybridized carbons (Fsp3) is 0.0714. The summed E-state index contributed by atoms with van der Waals surface area (Å²) < 4.78 is 9.91. The molecular formula is C14H10N2O7. The fourth-order valence-corrected chi connectivity index (χ4v) is 1.75. The van der Waals surface area contributed by atoms with Crippen LogP contribution in [0.3, 0.4) is 0 Å². The number of nitro benzene ring substituents is 2. The van der Waals surface area contributed by atoms with Gasteiger partial charge in [-0.3, -0.25) is 20.2 Å². The topological polar surface area (TPSA) is 122 Å². The number of rotatable bonds is 5. The van der Waals surface area contributed by atoms with E-state index in [2.05, 4.69) is 4.74 Å². The van der Waals surface area contributed by atoms with Gasteiger partial charge in [0.05, 0.1) is 28.6 Å². The molecule has 0 saturated carbocycles. The van der Waals surface area contributed by atoms with Gasteiger partial charge in [0.15, 0.2) is 0 Å². The Bertz CT molecular complexity index is 771. The molecule has 0 aliphatic rings. The minimum Gasteiger partial charge on any atom is -0.465 e. The molecule has 118 valence electrons. The number of benzene rings is 2. The summed E-state index contributed by atoms with van der Waals surface area (Å²) in [5, 5.41) is 21.7. The third kappa shape index (κ3) is 3.59. The molecule has 0 atom stereocenters. The van der Waals surface area contributed by atoms with E-state index in [1.165, 1.54) is 31.4 Å². The summed E-state index contributed by atoms with van der Waals surface area (Å²) >= 11 is 0. The van der Waals surface area contributed by atoms with Gasteiger partial charge in [0.2, 0.25) is 5.75 Å². The number of nitrogens with zero attached hydrogens (tertiary/aromatic N) is 2. The molecule has 0 radical (unpaired) electrons. The first-order valence-corrected chi connectivity index (χ1v) is 6.21. The van der Waals surface area contributed by atoms with Crippen LogP contribution in [0.5, 0.6) is 11.5 Å². The molecule has 0 heterocycles. The quantitative estimate of drug-likeness (QED) is 0.471. The highest BCUT2D eigenvalue weighted by Crippen LogP contribution is 2.34. The number of nitro groups is 2. The molecule has 0 saturated heterocycles. The van der Waals surface area contributed by atoms with Crippen molar-refractivity contribution in [2.75, 3.05) is 7.11 Å². The average molecular weight is 318 g/mol. The van der Waals surface area contributed by atoms with E-state index in [-0.39, 0.29) is 17.1 Å². The summed E-state index contributed by atoms with van der Waals surface area (Å²) in [5.41, 5.74) is -0.653. The molecule has 0 N–H and O–H groups in total. The van der Waals surface area contributed by atoms with Crippen LogP contribution < -0.4 is 4.74 Å². The van der Waals surface area contributed by atoms with Crippen molar-refractivity contribution >= 4 is 17.3 Å². The molecule has 2 aromatic rings. The first-order chi connectivity index (χ1) is 10.9. The first-order valence-electron chi connectivity index (χ1n) is 6.21. The van der Waals surface area contributed by atoms with E-state index in [1.807, 2.05) is 0 Å². The van der Waals surface area contributed by atoms with E-state index in [9.17, 15) is 25.0 Å². The molecule has 0 fully saturated rings. The molecule has 0 aromatic heterocycles. The molecule has 0 spiro atoms. The van der Waals surface area contributed by atoms with Gasteiger partial charge in [0.25, 0.3) is 5.69 Å². The van der Waals surface area contributed by atoms with E-state index >= 15 is 0 Å². The number of hydrogen-bond acceptors (Lipinski definition) is 7. The number of ether oxygens (including phenoxy) is 2. The second-order valence-electron chi connectivity index (χ2n) is 4.28. The predicted octanol–water partition coefficient (Wildman–Crippen LogP) is 3.08. The Kier molecular flexibility index (Phi) is 4.50. The Labute approximate surface area is 129 Å². The minimum absolute atomic E-state index is 0.147. The van der Waals surface area contributed by atoms with Crippen molar-refractivity contribution in [2.24, 2.45) is 0 Å². The van der Waals surface area contributed by atoms with Crippen molar-refractivity contribution in [3.05, 3.63) is 68.3 Å². The summed E-state index contributed by atoms with van der Waals surface area (Å²) in [4.78, 5) is 31.5. The third-order valence-electron chi connectivity index (χ3n) is 2.85. The van der Waals surface area contributed by atoms with E-state index < -0.39 is 27.2 Å². The maximum absolute atomic E-state index is 11.3. The summed E-state index contributed by atoms with van der Waals surface area (Å²) in [5.74, 6) is -0.445. The minimum atomic E-state index is -0.773. The maximum atomic E-state index is 11.3. The smallest absolute Gasteiger partial charge is 0.337 e. The molecular weight excluding hydrogens is 308 g/mol. The highest BCUT2D eigenvalue weighted by atomic mass is 16.6. The molecule has 0 amide bonds. The van der Waals surface area contributed by atoms with E-state index in [0.29, 0.717) is 0 Å². The van der Waals surface area contributed by atoms with Crippen LogP contribution in [0.15, 0.2) is 42.5 Å². The zero-order valence-electron chi connectivity index (χ0n) is 11.8. The number of carbonyl (C=O) groups is 1. The summed E-state index contributed by atoms with van der Waals surface area (Å²) in [6.07, 6.45) is 0. The van der Waals surface area contributed by atoms with Crippen LogP contribution in [-0.2, 0) is 4.74 Å². The van der Waals surface area contributed by atoms with E-state index in [4.69, 9.17) is 4.74 Å². The number of methoxy groups -OCH3 is 1.